The number of carbonyl (C=O) groups excluding carboxylic acids is 1. The molecule has 0 fully saturated rings. The van der Waals surface area contributed by atoms with Crippen molar-refractivity contribution >= 4 is 29.0 Å². The molecule has 118 valence electrons. The van der Waals surface area contributed by atoms with Crippen LogP contribution in [0, 0.1) is 20.8 Å². The summed E-state index contributed by atoms with van der Waals surface area (Å²) in [7, 11) is 0. The van der Waals surface area contributed by atoms with Crippen molar-refractivity contribution in [2.24, 2.45) is 0 Å². The van der Waals surface area contributed by atoms with E-state index in [-0.39, 0.29) is 12.1 Å². The molecule has 1 heterocycles. The molecule has 5 heteroatoms. The first kappa shape index (κ1) is 16.8. The van der Waals surface area contributed by atoms with Gasteiger partial charge >= 0.3 is 6.03 Å². The van der Waals surface area contributed by atoms with Crippen LogP contribution in [0.15, 0.2) is 24.3 Å². The zero-order chi connectivity index (χ0) is 16.3. The van der Waals surface area contributed by atoms with E-state index in [0.717, 1.165) is 9.21 Å². The molecule has 2 N–H and O–H groups in total. The van der Waals surface area contributed by atoms with Crippen molar-refractivity contribution in [1.29, 1.82) is 0 Å². The Morgan fingerprint density at radius 1 is 1.23 bits per heavy atom. The molecule has 0 saturated carbocycles. The minimum atomic E-state index is -0.170. The second kappa shape index (κ2) is 7.16. The van der Waals surface area contributed by atoms with Crippen molar-refractivity contribution in [1.82, 2.24) is 10.6 Å². The number of rotatable bonds is 4. The van der Waals surface area contributed by atoms with E-state index in [0.29, 0.717) is 6.54 Å². The van der Waals surface area contributed by atoms with Crippen molar-refractivity contribution in [3.05, 3.63) is 55.7 Å². The van der Waals surface area contributed by atoms with Gasteiger partial charge in [-0.15, -0.1) is 11.3 Å². The molecule has 0 spiro atoms. The first-order valence-corrected chi connectivity index (χ1v) is 8.42. The van der Waals surface area contributed by atoms with Crippen LogP contribution in [0.3, 0.4) is 0 Å². The lowest BCUT2D eigenvalue weighted by atomic mass is 10.00. The Labute approximate surface area is 140 Å². The number of thiophene rings is 1. The molecule has 0 aliphatic rings. The van der Waals surface area contributed by atoms with Crippen LogP contribution in [0.4, 0.5) is 4.79 Å². The summed E-state index contributed by atoms with van der Waals surface area (Å²) in [6, 6.07) is 7.83. The average Bonchev–Trinajstić information content (AvgIpc) is 2.84. The quantitative estimate of drug-likeness (QED) is 0.820. The van der Waals surface area contributed by atoms with Gasteiger partial charge in [0.05, 0.1) is 10.4 Å². The summed E-state index contributed by atoms with van der Waals surface area (Å²) < 4.78 is 0.731. The summed E-state index contributed by atoms with van der Waals surface area (Å²) in [5.41, 5.74) is 4.82. The third-order valence-electron chi connectivity index (χ3n) is 3.63. The van der Waals surface area contributed by atoms with Crippen LogP contribution in [-0.4, -0.2) is 6.03 Å². The molecule has 0 aliphatic heterocycles. The molecule has 22 heavy (non-hydrogen) atoms. The molecular weight excluding hydrogens is 316 g/mol. The minimum Gasteiger partial charge on any atom is -0.334 e. The third-order valence-corrected chi connectivity index (χ3v) is 5.05. The smallest absolute Gasteiger partial charge is 0.315 e. The second-order valence-corrected chi connectivity index (χ2v) is 7.31. The van der Waals surface area contributed by atoms with Gasteiger partial charge in [-0.2, -0.15) is 0 Å². The first-order chi connectivity index (χ1) is 10.4. The number of nitrogens with one attached hydrogen (secondary N) is 2. The number of aryl methyl sites for hydroxylation is 3. The lowest BCUT2D eigenvalue weighted by Crippen LogP contribution is -2.36. The Bertz CT molecular complexity index is 658. The molecule has 0 saturated heterocycles. The van der Waals surface area contributed by atoms with Crippen LogP contribution in [0.5, 0.6) is 0 Å². The van der Waals surface area contributed by atoms with Crippen LogP contribution in [0.1, 0.15) is 40.1 Å². The third kappa shape index (κ3) is 4.24. The molecular formula is C17H21ClN2OS. The molecule has 0 aliphatic carbocycles. The van der Waals surface area contributed by atoms with Gasteiger partial charge < -0.3 is 10.6 Å². The van der Waals surface area contributed by atoms with Gasteiger partial charge in [0.1, 0.15) is 0 Å². The molecule has 1 aromatic carbocycles. The fourth-order valence-electron chi connectivity index (χ4n) is 2.54. The van der Waals surface area contributed by atoms with Crippen molar-refractivity contribution < 1.29 is 4.79 Å². The van der Waals surface area contributed by atoms with E-state index in [1.165, 1.54) is 33.6 Å². The topological polar surface area (TPSA) is 41.1 Å². The normalized spacial score (nSPS) is 12.0. The fraction of sp³-hybridized carbons (Fsp3) is 0.353. The number of urea groups is 1. The van der Waals surface area contributed by atoms with Gasteiger partial charge in [0.15, 0.2) is 0 Å². The zero-order valence-electron chi connectivity index (χ0n) is 13.3. The molecule has 0 bridgehead atoms. The predicted molar refractivity (Wildman–Crippen MR) is 93.8 cm³/mol. The average molecular weight is 337 g/mol. The van der Waals surface area contributed by atoms with Crippen molar-refractivity contribution in [3.8, 4) is 0 Å². The van der Waals surface area contributed by atoms with Crippen LogP contribution in [0.2, 0.25) is 4.34 Å². The fourth-order valence-corrected chi connectivity index (χ4v) is 3.60. The minimum absolute atomic E-state index is 0.0577. The second-order valence-electron chi connectivity index (χ2n) is 5.57. The summed E-state index contributed by atoms with van der Waals surface area (Å²) in [6.07, 6.45) is 0. The highest BCUT2D eigenvalue weighted by molar-refractivity contribution is 7.16. The van der Waals surface area contributed by atoms with Crippen LogP contribution in [-0.2, 0) is 6.54 Å². The predicted octanol–water partition coefficient (Wildman–Crippen LogP) is 4.89. The largest absolute Gasteiger partial charge is 0.334 e. The molecule has 1 atom stereocenters. The molecule has 2 rings (SSSR count). The number of hydrogen-bond acceptors (Lipinski definition) is 2. The maximum Gasteiger partial charge on any atom is 0.315 e. The monoisotopic (exact) mass is 336 g/mol. The number of carbonyl (C=O) groups is 1. The Hall–Kier alpha value is -1.52. The molecule has 3 nitrogen and oxygen atoms in total. The number of halogens is 1. The van der Waals surface area contributed by atoms with Gasteiger partial charge in [-0.05, 0) is 56.5 Å². The summed E-state index contributed by atoms with van der Waals surface area (Å²) in [5, 5.41) is 5.86. The summed E-state index contributed by atoms with van der Waals surface area (Å²) in [5.74, 6) is 0. The van der Waals surface area contributed by atoms with E-state index in [2.05, 4.69) is 43.5 Å². The maximum atomic E-state index is 12.0. The highest BCUT2D eigenvalue weighted by Gasteiger charge is 2.12. The maximum absolute atomic E-state index is 12.0. The van der Waals surface area contributed by atoms with Gasteiger partial charge in [-0.25, -0.2) is 4.79 Å². The summed E-state index contributed by atoms with van der Waals surface area (Å²) >= 11 is 7.40. The molecule has 1 unspecified atom stereocenters. The van der Waals surface area contributed by atoms with Gasteiger partial charge in [-0.1, -0.05) is 29.3 Å². The van der Waals surface area contributed by atoms with E-state index >= 15 is 0 Å². The molecule has 2 amide bonds. The lowest BCUT2D eigenvalue weighted by molar-refractivity contribution is 0.237. The summed E-state index contributed by atoms with van der Waals surface area (Å²) in [6.45, 7) is 8.71. The van der Waals surface area contributed by atoms with Gasteiger partial charge in [0.25, 0.3) is 0 Å². The van der Waals surface area contributed by atoms with Crippen LogP contribution < -0.4 is 10.6 Å². The Morgan fingerprint density at radius 2 is 1.86 bits per heavy atom. The number of benzene rings is 1. The van der Waals surface area contributed by atoms with Gasteiger partial charge in [-0.3, -0.25) is 0 Å². The SMILES string of the molecule is Cc1cc(C)c(CNC(=O)NC(C)c2ccc(Cl)s2)c(C)c1. The standard InChI is InChI=1S/C17H21ClN2OS/c1-10-7-11(2)14(12(3)8-10)9-19-17(21)20-13(4)15-5-6-16(18)22-15/h5-8,13H,9H2,1-4H3,(H2,19,20,21). The Morgan fingerprint density at radius 3 is 2.41 bits per heavy atom. The Kier molecular flexibility index (Phi) is 5.48. The molecule has 1 aromatic heterocycles. The number of hydrogen-bond donors (Lipinski definition) is 2. The Balaban J connectivity index is 1.93. The molecule has 2 aromatic rings. The number of amides is 2. The first-order valence-electron chi connectivity index (χ1n) is 7.23. The highest BCUT2D eigenvalue weighted by Crippen LogP contribution is 2.26. The van der Waals surface area contributed by atoms with E-state index < -0.39 is 0 Å². The van der Waals surface area contributed by atoms with Gasteiger partial charge in [0, 0.05) is 11.4 Å². The zero-order valence-corrected chi connectivity index (χ0v) is 14.9. The van der Waals surface area contributed by atoms with E-state index in [4.69, 9.17) is 11.6 Å². The van der Waals surface area contributed by atoms with Crippen molar-refractivity contribution in [3.63, 3.8) is 0 Å². The van der Waals surface area contributed by atoms with Crippen LogP contribution >= 0.6 is 22.9 Å². The highest BCUT2D eigenvalue weighted by atomic mass is 35.5. The summed E-state index contributed by atoms with van der Waals surface area (Å²) in [4.78, 5) is 13.1. The van der Waals surface area contributed by atoms with Crippen LogP contribution in [0.25, 0.3) is 0 Å². The van der Waals surface area contributed by atoms with Crippen molar-refractivity contribution in [2.75, 3.05) is 0 Å². The van der Waals surface area contributed by atoms with E-state index in [1.807, 2.05) is 19.1 Å². The van der Waals surface area contributed by atoms with E-state index in [1.54, 1.807) is 0 Å². The van der Waals surface area contributed by atoms with Gasteiger partial charge in [0.2, 0.25) is 0 Å². The lowest BCUT2D eigenvalue weighted by Gasteiger charge is -2.15. The van der Waals surface area contributed by atoms with Crippen molar-refractivity contribution in [2.45, 2.75) is 40.3 Å². The van der Waals surface area contributed by atoms with E-state index in [9.17, 15) is 4.79 Å². The molecule has 0 radical (unpaired) electrons.